The van der Waals surface area contributed by atoms with Gasteiger partial charge in [0.25, 0.3) is 0 Å². The van der Waals surface area contributed by atoms with Crippen LogP contribution < -0.4 is 14.2 Å². The lowest BCUT2D eigenvalue weighted by Gasteiger charge is -2.17. The lowest BCUT2D eigenvalue weighted by molar-refractivity contribution is -0.133. The highest BCUT2D eigenvalue weighted by Crippen LogP contribution is 2.43. The fourth-order valence-corrected chi connectivity index (χ4v) is 4.37. The molecule has 0 aliphatic carbocycles. The van der Waals surface area contributed by atoms with Crippen LogP contribution in [0.25, 0.3) is 27.8 Å². The first-order chi connectivity index (χ1) is 17.9. The maximum absolute atomic E-state index is 12.4. The Balaban J connectivity index is 1.62. The number of carbonyl (C=O) groups is 2. The van der Waals surface area contributed by atoms with Crippen LogP contribution >= 0.6 is 0 Å². The number of fused-ring (bicyclic) bond motifs is 3. The number of aromatic nitrogens is 2. The molecule has 37 heavy (non-hydrogen) atoms. The molecule has 1 aromatic heterocycles. The Hall–Kier alpha value is -4.43. The van der Waals surface area contributed by atoms with Crippen LogP contribution in [0.3, 0.4) is 0 Å². The molecule has 1 aliphatic rings. The summed E-state index contributed by atoms with van der Waals surface area (Å²) in [6, 6.07) is 20.7. The molecule has 0 spiro atoms. The first-order valence-corrected chi connectivity index (χ1v) is 12.0. The minimum atomic E-state index is -0.667. The number of benzene rings is 3. The van der Waals surface area contributed by atoms with Crippen LogP contribution in [0.4, 0.5) is 0 Å². The summed E-state index contributed by atoms with van der Waals surface area (Å²) in [6.07, 6.45) is 2.09. The summed E-state index contributed by atoms with van der Waals surface area (Å²) in [5, 5.41) is 5.48. The molecule has 1 atom stereocenters. The van der Waals surface area contributed by atoms with E-state index < -0.39 is 11.9 Å². The predicted octanol–water partition coefficient (Wildman–Crippen LogP) is 4.65. The fourth-order valence-electron chi connectivity index (χ4n) is 4.37. The topological polar surface area (TPSA) is 82.9 Å². The van der Waals surface area contributed by atoms with E-state index in [9.17, 15) is 9.59 Å². The van der Waals surface area contributed by atoms with E-state index in [1.165, 1.54) is 0 Å². The lowest BCUT2D eigenvalue weighted by atomic mass is 10.1. The highest BCUT2D eigenvalue weighted by Gasteiger charge is 2.25. The number of nitrogens with zero attached hydrogens (tertiary/aromatic N) is 3. The number of ether oxygens (including phenoxy) is 3. The molecule has 0 saturated heterocycles. The second kappa shape index (κ2) is 10.3. The van der Waals surface area contributed by atoms with Gasteiger partial charge >= 0.3 is 11.9 Å². The van der Waals surface area contributed by atoms with Gasteiger partial charge in [-0.3, -0.25) is 0 Å². The van der Waals surface area contributed by atoms with Gasteiger partial charge < -0.3 is 19.1 Å². The maximum Gasteiger partial charge on any atom is 0.336 e. The normalized spacial score (nSPS) is 14.9. The first kappa shape index (κ1) is 24.3. The van der Waals surface area contributed by atoms with Crippen molar-refractivity contribution in [2.24, 2.45) is 5.92 Å². The van der Waals surface area contributed by atoms with Crippen LogP contribution in [-0.2, 0) is 9.59 Å². The first-order valence-electron chi connectivity index (χ1n) is 12.0. The Morgan fingerprint density at radius 3 is 2.46 bits per heavy atom. The molecule has 0 saturated carbocycles. The number of esters is 2. The number of carbonyl (C=O) groups excluding carboxylic acids is 2. The van der Waals surface area contributed by atoms with Crippen LogP contribution in [0.15, 0.2) is 78.9 Å². The zero-order chi connectivity index (χ0) is 25.9. The standard InChI is InChI=1S/C29H27N3O5/c1-19(17-31(2)3)18-35-22-11-7-10-21(16-22)32-23-12-13-24-29(37-26(34)15-14-25(33)36-24)27(23)28(30-32)20-8-5-4-6-9-20/h4-16,19H,17-18H2,1-3H3/b15-14-. The quantitative estimate of drug-likeness (QED) is 0.272. The number of rotatable bonds is 7. The van der Waals surface area contributed by atoms with Crippen LogP contribution in [0, 0.1) is 5.92 Å². The van der Waals surface area contributed by atoms with Crippen molar-refractivity contribution in [2.75, 3.05) is 27.2 Å². The molecule has 2 heterocycles. The van der Waals surface area contributed by atoms with Gasteiger partial charge in [-0.1, -0.05) is 43.3 Å². The molecule has 5 rings (SSSR count). The second-order valence-electron chi connectivity index (χ2n) is 9.26. The van der Waals surface area contributed by atoms with Gasteiger partial charge in [-0.05, 0) is 38.4 Å². The van der Waals surface area contributed by atoms with Gasteiger partial charge in [-0.2, -0.15) is 5.10 Å². The third kappa shape index (κ3) is 5.24. The van der Waals surface area contributed by atoms with Gasteiger partial charge in [0.15, 0.2) is 11.5 Å². The predicted molar refractivity (Wildman–Crippen MR) is 140 cm³/mol. The van der Waals surface area contributed by atoms with Gasteiger partial charge in [0, 0.05) is 36.2 Å². The van der Waals surface area contributed by atoms with E-state index in [0.717, 1.165) is 35.7 Å². The zero-order valence-electron chi connectivity index (χ0n) is 20.9. The van der Waals surface area contributed by atoms with Crippen molar-refractivity contribution in [1.82, 2.24) is 14.7 Å². The molecule has 188 valence electrons. The van der Waals surface area contributed by atoms with Crippen LogP contribution in [-0.4, -0.2) is 53.9 Å². The van der Waals surface area contributed by atoms with Crippen molar-refractivity contribution in [3.8, 4) is 34.2 Å². The van der Waals surface area contributed by atoms with E-state index in [1.807, 2.05) is 68.7 Å². The summed E-state index contributed by atoms with van der Waals surface area (Å²) >= 11 is 0. The summed E-state index contributed by atoms with van der Waals surface area (Å²) in [5.41, 5.74) is 2.87. The SMILES string of the molecule is CC(COc1cccc(-n2nc(-c3ccccc3)c3c4c(ccc32)OC(=O)/C=C\C(=O)O4)c1)CN(C)C. The van der Waals surface area contributed by atoms with E-state index >= 15 is 0 Å². The summed E-state index contributed by atoms with van der Waals surface area (Å²) in [6.45, 7) is 3.65. The van der Waals surface area contributed by atoms with Gasteiger partial charge in [0.05, 0.1) is 23.2 Å². The molecule has 4 aromatic rings. The molecule has 0 radical (unpaired) electrons. The lowest BCUT2D eigenvalue weighted by Crippen LogP contribution is -2.24. The Bertz CT molecular complexity index is 1490. The van der Waals surface area contributed by atoms with E-state index in [0.29, 0.717) is 29.1 Å². The molecular weight excluding hydrogens is 470 g/mol. The molecule has 8 heteroatoms. The molecular formula is C29H27N3O5. The average molecular weight is 498 g/mol. The van der Waals surface area contributed by atoms with Crippen molar-refractivity contribution >= 4 is 22.8 Å². The second-order valence-corrected chi connectivity index (χ2v) is 9.26. The number of hydrogen-bond acceptors (Lipinski definition) is 7. The fraction of sp³-hybridized carbons (Fsp3) is 0.207. The monoisotopic (exact) mass is 497 g/mol. The maximum atomic E-state index is 12.4. The van der Waals surface area contributed by atoms with Crippen molar-refractivity contribution in [1.29, 1.82) is 0 Å². The zero-order valence-corrected chi connectivity index (χ0v) is 20.9. The molecule has 3 aromatic carbocycles. The Kier molecular flexibility index (Phi) is 6.74. The highest BCUT2D eigenvalue weighted by atomic mass is 16.6. The molecule has 1 aliphatic heterocycles. The smallest absolute Gasteiger partial charge is 0.336 e. The van der Waals surface area contributed by atoms with Crippen molar-refractivity contribution in [3.05, 3.63) is 78.9 Å². The van der Waals surface area contributed by atoms with Gasteiger partial charge in [-0.15, -0.1) is 0 Å². The van der Waals surface area contributed by atoms with Crippen molar-refractivity contribution in [3.63, 3.8) is 0 Å². The van der Waals surface area contributed by atoms with Gasteiger partial charge in [0.1, 0.15) is 11.4 Å². The van der Waals surface area contributed by atoms with Crippen LogP contribution in [0.2, 0.25) is 0 Å². The van der Waals surface area contributed by atoms with E-state index in [4.69, 9.17) is 19.3 Å². The summed E-state index contributed by atoms with van der Waals surface area (Å²) < 4.78 is 18.9. The summed E-state index contributed by atoms with van der Waals surface area (Å²) in [7, 11) is 4.09. The van der Waals surface area contributed by atoms with E-state index in [1.54, 1.807) is 16.8 Å². The number of hydrogen-bond donors (Lipinski definition) is 0. The third-order valence-electron chi connectivity index (χ3n) is 5.85. The van der Waals surface area contributed by atoms with Gasteiger partial charge in [-0.25, -0.2) is 14.3 Å². The Morgan fingerprint density at radius 1 is 0.946 bits per heavy atom. The molecule has 0 N–H and O–H groups in total. The third-order valence-corrected chi connectivity index (χ3v) is 5.85. The minimum Gasteiger partial charge on any atom is -0.493 e. The largest absolute Gasteiger partial charge is 0.493 e. The Morgan fingerprint density at radius 2 is 1.70 bits per heavy atom. The minimum absolute atomic E-state index is 0.148. The molecule has 0 fully saturated rings. The molecule has 1 unspecified atom stereocenters. The Labute approximate surface area is 214 Å². The highest BCUT2D eigenvalue weighted by molar-refractivity contribution is 6.04. The van der Waals surface area contributed by atoms with Crippen LogP contribution in [0.1, 0.15) is 6.92 Å². The van der Waals surface area contributed by atoms with Crippen molar-refractivity contribution < 1.29 is 23.8 Å². The van der Waals surface area contributed by atoms with E-state index in [2.05, 4.69) is 11.8 Å². The van der Waals surface area contributed by atoms with Gasteiger partial charge in [0.2, 0.25) is 0 Å². The molecule has 0 amide bonds. The molecule has 8 nitrogen and oxygen atoms in total. The summed E-state index contributed by atoms with van der Waals surface area (Å²) in [5.74, 6) is 0.0670. The molecule has 0 bridgehead atoms. The average Bonchev–Trinajstić information content (AvgIpc) is 3.27. The van der Waals surface area contributed by atoms with E-state index in [-0.39, 0.29) is 11.5 Å². The van der Waals surface area contributed by atoms with Crippen LogP contribution in [0.5, 0.6) is 17.2 Å². The summed E-state index contributed by atoms with van der Waals surface area (Å²) in [4.78, 5) is 26.6. The van der Waals surface area contributed by atoms with Crippen molar-refractivity contribution in [2.45, 2.75) is 6.92 Å².